The van der Waals surface area contributed by atoms with E-state index in [1.165, 1.54) is 20.6 Å². The molecule has 30 heavy (non-hydrogen) atoms. The zero-order chi connectivity index (χ0) is 21.3. The van der Waals surface area contributed by atoms with Crippen molar-refractivity contribution in [3.63, 3.8) is 0 Å². The number of carboxylic acid groups (broad SMARTS) is 1. The molecule has 0 radical (unpaired) electrons. The maximum atomic E-state index is 13.7. The first-order valence-electron chi connectivity index (χ1n) is 9.70. The van der Waals surface area contributed by atoms with Gasteiger partial charge in [0, 0.05) is 30.1 Å². The molecule has 1 fully saturated rings. The van der Waals surface area contributed by atoms with Gasteiger partial charge in [0.15, 0.2) is 5.78 Å². The predicted octanol–water partition coefficient (Wildman–Crippen LogP) is 2.26. The van der Waals surface area contributed by atoms with Crippen molar-refractivity contribution in [1.82, 2.24) is 8.87 Å². The number of carbonyl (C=O) groups is 2. The highest BCUT2D eigenvalue weighted by Crippen LogP contribution is 2.42. The number of sulfonamides is 1. The number of rotatable bonds is 6. The Bertz CT molecular complexity index is 1070. The Labute approximate surface area is 178 Å². The molecule has 1 aromatic heterocycles. The molecule has 1 N–H and O–H groups in total. The van der Waals surface area contributed by atoms with E-state index in [0.717, 1.165) is 4.90 Å². The van der Waals surface area contributed by atoms with Crippen LogP contribution in [-0.2, 0) is 32.5 Å². The SMILES string of the molecule is O=C(O)Cn1c2c(c(S(=O)(=O)N3CCOCC3)c1Sc1ccccc1)C(=O)CCC2. The van der Waals surface area contributed by atoms with E-state index in [0.29, 0.717) is 18.5 Å². The highest BCUT2D eigenvalue weighted by Gasteiger charge is 2.40. The van der Waals surface area contributed by atoms with E-state index in [1.54, 1.807) is 0 Å². The first-order valence-corrected chi connectivity index (χ1v) is 12.0. The van der Waals surface area contributed by atoms with Crippen molar-refractivity contribution in [3.05, 3.63) is 41.6 Å². The van der Waals surface area contributed by atoms with Crippen LogP contribution >= 0.6 is 11.8 Å². The molecule has 1 saturated heterocycles. The van der Waals surface area contributed by atoms with Gasteiger partial charge in [0.05, 0.1) is 18.8 Å². The highest BCUT2D eigenvalue weighted by atomic mass is 32.2. The van der Waals surface area contributed by atoms with Gasteiger partial charge in [-0.3, -0.25) is 9.59 Å². The quantitative estimate of drug-likeness (QED) is 0.720. The van der Waals surface area contributed by atoms with E-state index in [2.05, 4.69) is 0 Å². The highest BCUT2D eigenvalue weighted by molar-refractivity contribution is 8.00. The maximum absolute atomic E-state index is 13.7. The lowest BCUT2D eigenvalue weighted by atomic mass is 9.96. The summed E-state index contributed by atoms with van der Waals surface area (Å²) in [6, 6.07) is 9.16. The van der Waals surface area contributed by atoms with Crippen molar-refractivity contribution in [2.24, 2.45) is 0 Å². The minimum Gasteiger partial charge on any atom is -0.480 e. The molecule has 1 aliphatic carbocycles. The first-order chi connectivity index (χ1) is 14.4. The third kappa shape index (κ3) is 3.92. The lowest BCUT2D eigenvalue weighted by Crippen LogP contribution is -2.41. The van der Waals surface area contributed by atoms with Gasteiger partial charge in [-0.25, -0.2) is 8.42 Å². The summed E-state index contributed by atoms with van der Waals surface area (Å²) in [6.07, 6.45) is 1.29. The number of aliphatic carboxylic acids is 1. The van der Waals surface area contributed by atoms with Gasteiger partial charge >= 0.3 is 5.97 Å². The van der Waals surface area contributed by atoms with Gasteiger partial charge in [0.2, 0.25) is 10.0 Å². The zero-order valence-electron chi connectivity index (χ0n) is 16.2. The summed E-state index contributed by atoms with van der Waals surface area (Å²) >= 11 is 1.18. The van der Waals surface area contributed by atoms with E-state index in [9.17, 15) is 23.1 Å². The van der Waals surface area contributed by atoms with Crippen LogP contribution in [0.15, 0.2) is 45.1 Å². The first kappa shape index (κ1) is 21.1. The van der Waals surface area contributed by atoms with E-state index in [1.807, 2.05) is 30.3 Å². The second-order valence-corrected chi connectivity index (χ2v) is 10.1. The van der Waals surface area contributed by atoms with E-state index >= 15 is 0 Å². The molecule has 160 valence electrons. The number of carbonyl (C=O) groups excluding carboxylic acids is 1. The number of hydrogen-bond donors (Lipinski definition) is 1. The number of aromatic nitrogens is 1. The summed E-state index contributed by atoms with van der Waals surface area (Å²) in [5, 5.41) is 9.78. The van der Waals surface area contributed by atoms with Crippen molar-refractivity contribution in [3.8, 4) is 0 Å². The number of Topliss-reactive ketones (excluding diaryl/α,β-unsaturated/α-hetero) is 1. The van der Waals surface area contributed by atoms with Crippen molar-refractivity contribution in [2.75, 3.05) is 26.3 Å². The summed E-state index contributed by atoms with van der Waals surface area (Å²) in [4.78, 5) is 25.2. The molecule has 2 heterocycles. The molecule has 4 rings (SSSR count). The van der Waals surface area contributed by atoms with Gasteiger partial charge in [-0.05, 0) is 25.0 Å². The molecule has 0 saturated carbocycles. The number of nitrogens with zero attached hydrogens (tertiary/aromatic N) is 2. The molecule has 0 spiro atoms. The van der Waals surface area contributed by atoms with Crippen molar-refractivity contribution >= 4 is 33.5 Å². The molecule has 2 aromatic rings. The maximum Gasteiger partial charge on any atom is 0.323 e. The third-order valence-corrected chi connectivity index (χ3v) is 8.41. The monoisotopic (exact) mass is 450 g/mol. The minimum absolute atomic E-state index is 0.0563. The summed E-state index contributed by atoms with van der Waals surface area (Å²) < 4.78 is 35.4. The predicted molar refractivity (Wildman–Crippen MR) is 109 cm³/mol. The lowest BCUT2D eigenvalue weighted by molar-refractivity contribution is -0.137. The molecule has 2 aliphatic rings. The van der Waals surface area contributed by atoms with Crippen LogP contribution in [0.4, 0.5) is 0 Å². The average molecular weight is 451 g/mol. The van der Waals surface area contributed by atoms with E-state index in [4.69, 9.17) is 4.74 Å². The number of fused-ring (bicyclic) bond motifs is 1. The van der Waals surface area contributed by atoms with Crippen LogP contribution in [0, 0.1) is 0 Å². The molecular formula is C20H22N2O6S2. The Hall–Kier alpha value is -2.14. The van der Waals surface area contributed by atoms with Crippen molar-refractivity contribution in [1.29, 1.82) is 0 Å². The average Bonchev–Trinajstić information content (AvgIpc) is 3.04. The lowest BCUT2D eigenvalue weighted by Gasteiger charge is -2.26. The van der Waals surface area contributed by atoms with Gasteiger partial charge in [-0.1, -0.05) is 30.0 Å². The van der Waals surface area contributed by atoms with Crippen LogP contribution in [0.2, 0.25) is 0 Å². The van der Waals surface area contributed by atoms with Crippen LogP contribution < -0.4 is 0 Å². The van der Waals surface area contributed by atoms with Crippen molar-refractivity contribution < 1.29 is 27.9 Å². The molecule has 0 bridgehead atoms. The molecule has 8 nitrogen and oxygen atoms in total. The molecular weight excluding hydrogens is 428 g/mol. The Balaban J connectivity index is 1.95. The third-order valence-electron chi connectivity index (χ3n) is 5.20. The van der Waals surface area contributed by atoms with E-state index in [-0.39, 0.29) is 54.0 Å². The molecule has 0 unspecified atom stereocenters. The Morgan fingerprint density at radius 2 is 1.83 bits per heavy atom. The number of benzene rings is 1. The summed E-state index contributed by atoms with van der Waals surface area (Å²) in [5.41, 5.74) is 0.659. The molecule has 1 aromatic carbocycles. The van der Waals surface area contributed by atoms with Gasteiger partial charge in [0.25, 0.3) is 0 Å². The fraction of sp³-hybridized carbons (Fsp3) is 0.400. The van der Waals surface area contributed by atoms with Gasteiger partial charge in [0.1, 0.15) is 16.5 Å². The Morgan fingerprint density at radius 3 is 2.50 bits per heavy atom. The summed E-state index contributed by atoms with van der Waals surface area (Å²) in [7, 11) is -4.00. The van der Waals surface area contributed by atoms with E-state index < -0.39 is 22.5 Å². The molecule has 0 atom stereocenters. The van der Waals surface area contributed by atoms with Crippen LogP contribution in [0.1, 0.15) is 28.9 Å². The second-order valence-electron chi connectivity index (χ2n) is 7.14. The topological polar surface area (TPSA) is 106 Å². The van der Waals surface area contributed by atoms with Crippen molar-refractivity contribution in [2.45, 2.75) is 40.6 Å². The number of ether oxygens (including phenoxy) is 1. The number of morpholine rings is 1. The number of ketones is 1. The standard InChI is InChI=1S/C20H22N2O6S2/c23-16-8-4-7-15-18(16)19(30(26,27)21-9-11-28-12-10-21)20(22(15)13-17(24)25)29-14-5-2-1-3-6-14/h1-3,5-6H,4,7-13H2,(H,24,25). The van der Waals surface area contributed by atoms with Gasteiger partial charge < -0.3 is 14.4 Å². The smallest absolute Gasteiger partial charge is 0.323 e. The number of carboxylic acids is 1. The Morgan fingerprint density at radius 1 is 1.13 bits per heavy atom. The fourth-order valence-electron chi connectivity index (χ4n) is 3.87. The number of hydrogen-bond acceptors (Lipinski definition) is 6. The van der Waals surface area contributed by atoms with Crippen LogP contribution in [0.3, 0.4) is 0 Å². The summed E-state index contributed by atoms with van der Waals surface area (Å²) in [5.74, 6) is -1.34. The van der Waals surface area contributed by atoms with Crippen LogP contribution in [0.5, 0.6) is 0 Å². The van der Waals surface area contributed by atoms with Gasteiger partial charge in [-0.2, -0.15) is 4.31 Å². The van der Waals surface area contributed by atoms with Crippen LogP contribution in [-0.4, -0.2) is 60.5 Å². The summed E-state index contributed by atoms with van der Waals surface area (Å²) in [6.45, 7) is 0.567. The molecule has 0 amide bonds. The second kappa shape index (κ2) is 8.54. The van der Waals surface area contributed by atoms with Gasteiger partial charge in [-0.15, -0.1) is 0 Å². The molecule has 10 heteroatoms. The Kier molecular flexibility index (Phi) is 6.01. The molecule has 1 aliphatic heterocycles. The zero-order valence-corrected chi connectivity index (χ0v) is 17.9. The minimum atomic E-state index is -4.00. The normalized spacial score (nSPS) is 17.7. The fourth-order valence-corrected chi connectivity index (χ4v) is 7.01. The van der Waals surface area contributed by atoms with Crippen LogP contribution in [0.25, 0.3) is 0 Å². The largest absolute Gasteiger partial charge is 0.480 e.